The highest BCUT2D eigenvalue weighted by Gasteiger charge is 2.03. The van der Waals surface area contributed by atoms with Crippen LogP contribution in [0.5, 0.6) is 0 Å². The second kappa shape index (κ2) is 49.8. The third kappa shape index (κ3) is 53.1. The predicted octanol–water partition coefficient (Wildman–Crippen LogP) is 12.2. The summed E-state index contributed by atoms with van der Waals surface area (Å²) in [5.41, 5.74) is 0. The highest BCUT2D eigenvalue weighted by atomic mass is 16.6. The molecule has 0 aromatic rings. The molecule has 0 saturated heterocycles. The van der Waals surface area contributed by atoms with Crippen molar-refractivity contribution >= 4 is 11.9 Å². The van der Waals surface area contributed by atoms with Crippen LogP contribution in [0.15, 0.2) is 0 Å². The average molecular weight is 745 g/mol. The molecule has 0 fully saturated rings. The van der Waals surface area contributed by atoms with Gasteiger partial charge < -0.3 is 29.2 Å². The zero-order valence-electron chi connectivity index (χ0n) is 34.6. The van der Waals surface area contributed by atoms with Crippen LogP contribution in [-0.2, 0) is 28.5 Å². The van der Waals surface area contributed by atoms with Crippen molar-refractivity contribution in [3.05, 3.63) is 0 Å². The monoisotopic (exact) mass is 745 g/mol. The second-order valence-corrected chi connectivity index (χ2v) is 14.6. The molecule has 312 valence electrons. The molecule has 0 radical (unpaired) electrons. The van der Waals surface area contributed by atoms with Crippen LogP contribution in [0.3, 0.4) is 0 Å². The molecule has 0 spiro atoms. The van der Waals surface area contributed by atoms with Crippen LogP contribution in [0.25, 0.3) is 0 Å². The van der Waals surface area contributed by atoms with Gasteiger partial charge in [0.05, 0.1) is 46.2 Å². The Labute approximate surface area is 322 Å². The Morgan fingerprint density at radius 3 is 0.942 bits per heavy atom. The van der Waals surface area contributed by atoms with Crippen LogP contribution >= 0.6 is 0 Å². The molecule has 0 aliphatic heterocycles. The number of ether oxygens (including phenoxy) is 4. The highest BCUT2D eigenvalue weighted by molar-refractivity contribution is 5.69. The molecule has 0 aliphatic carbocycles. The summed E-state index contributed by atoms with van der Waals surface area (Å²) in [6.45, 7) is 7.51. The molecular weight excluding hydrogens is 656 g/mol. The standard InChI is InChI=1S/C26H52O6.C18H36O2/c1-2-3-4-5-6-7-8-9-10-11-12-13-14-15-16-17-26(28)32-25-24-31-23-22-30-21-20-29-19-18-27;1-2-3-4-5-6-7-8-9-10-11-12-13-14-15-16-17-18(19)20/h27H,2-25H2,1H3;2-17H2,1H3,(H,19,20). The highest BCUT2D eigenvalue weighted by Crippen LogP contribution is 2.15. The van der Waals surface area contributed by atoms with E-state index in [4.69, 9.17) is 29.2 Å². The van der Waals surface area contributed by atoms with Crippen LogP contribution in [0.2, 0.25) is 0 Å². The molecule has 0 bridgehead atoms. The van der Waals surface area contributed by atoms with Gasteiger partial charge in [0.25, 0.3) is 0 Å². The van der Waals surface area contributed by atoms with Crippen molar-refractivity contribution < 1.29 is 38.7 Å². The molecule has 8 heteroatoms. The van der Waals surface area contributed by atoms with Gasteiger partial charge in [0.2, 0.25) is 0 Å². The minimum Gasteiger partial charge on any atom is -0.481 e. The van der Waals surface area contributed by atoms with Crippen molar-refractivity contribution in [1.29, 1.82) is 0 Å². The van der Waals surface area contributed by atoms with E-state index in [2.05, 4.69) is 13.8 Å². The Balaban J connectivity index is 0. The Morgan fingerprint density at radius 1 is 0.365 bits per heavy atom. The number of unbranched alkanes of at least 4 members (excludes halogenated alkanes) is 28. The lowest BCUT2D eigenvalue weighted by Gasteiger charge is -2.07. The Kier molecular flexibility index (Phi) is 50.6. The summed E-state index contributed by atoms with van der Waals surface area (Å²) < 4.78 is 20.9. The smallest absolute Gasteiger partial charge is 0.305 e. The first kappa shape index (κ1) is 52.9. The SMILES string of the molecule is CCCCCCCCCCCCCCCCCC(=O)O.CCCCCCCCCCCCCCCCCC(=O)OCCOCCOCCOCCO. The van der Waals surface area contributed by atoms with Gasteiger partial charge in [-0.1, -0.05) is 194 Å². The first-order chi connectivity index (χ1) is 25.6. The van der Waals surface area contributed by atoms with Crippen LogP contribution in [0.1, 0.15) is 219 Å². The van der Waals surface area contributed by atoms with Crippen molar-refractivity contribution in [2.45, 2.75) is 219 Å². The molecule has 0 aromatic carbocycles. The Morgan fingerprint density at radius 2 is 0.635 bits per heavy atom. The van der Waals surface area contributed by atoms with E-state index in [1.807, 2.05) is 0 Å². The van der Waals surface area contributed by atoms with Crippen molar-refractivity contribution in [2.24, 2.45) is 0 Å². The van der Waals surface area contributed by atoms with Crippen LogP contribution in [-0.4, -0.2) is 75.0 Å². The predicted molar refractivity (Wildman–Crippen MR) is 217 cm³/mol. The number of carbonyl (C=O) groups excluding carboxylic acids is 1. The third-order valence-corrected chi connectivity index (χ3v) is 9.45. The fourth-order valence-corrected chi connectivity index (χ4v) is 6.18. The lowest BCUT2D eigenvalue weighted by molar-refractivity contribution is -0.145. The van der Waals surface area contributed by atoms with E-state index >= 15 is 0 Å². The molecule has 0 rings (SSSR count). The Bertz CT molecular complexity index is 675. The van der Waals surface area contributed by atoms with Crippen LogP contribution in [0, 0.1) is 0 Å². The summed E-state index contributed by atoms with van der Waals surface area (Å²) in [4.78, 5) is 22.0. The number of carboxylic acid groups (broad SMARTS) is 1. The zero-order chi connectivity index (χ0) is 38.3. The van der Waals surface area contributed by atoms with Gasteiger partial charge >= 0.3 is 11.9 Å². The van der Waals surface area contributed by atoms with Gasteiger partial charge in [0.1, 0.15) is 6.61 Å². The maximum absolute atomic E-state index is 11.7. The molecule has 0 saturated carbocycles. The topological polar surface area (TPSA) is 112 Å². The molecule has 2 N–H and O–H groups in total. The van der Waals surface area contributed by atoms with E-state index in [-0.39, 0.29) is 12.6 Å². The minimum atomic E-state index is -0.653. The quantitative estimate of drug-likeness (QED) is 0.0469. The van der Waals surface area contributed by atoms with Gasteiger partial charge in [0, 0.05) is 12.8 Å². The van der Waals surface area contributed by atoms with E-state index in [9.17, 15) is 9.59 Å². The number of carboxylic acids is 1. The number of hydrogen-bond donors (Lipinski definition) is 2. The number of esters is 1. The summed E-state index contributed by atoms with van der Waals surface area (Å²) in [6.07, 6.45) is 40.6. The number of aliphatic hydroxyl groups is 1. The number of rotatable bonds is 43. The zero-order valence-corrected chi connectivity index (χ0v) is 34.6. The van der Waals surface area contributed by atoms with Crippen LogP contribution < -0.4 is 0 Å². The summed E-state index contributed by atoms with van der Waals surface area (Å²) in [5, 5.41) is 17.1. The first-order valence-electron chi connectivity index (χ1n) is 22.3. The minimum absolute atomic E-state index is 0.0290. The van der Waals surface area contributed by atoms with Crippen LogP contribution in [0.4, 0.5) is 0 Å². The summed E-state index contributed by atoms with van der Waals surface area (Å²) in [5.74, 6) is -0.778. The Hall–Kier alpha value is -1.22. The first-order valence-corrected chi connectivity index (χ1v) is 22.3. The van der Waals surface area contributed by atoms with Crippen molar-refractivity contribution in [2.75, 3.05) is 52.9 Å². The second-order valence-electron chi connectivity index (χ2n) is 14.6. The number of aliphatic carboxylic acids is 1. The van der Waals surface area contributed by atoms with Gasteiger partial charge in [0.15, 0.2) is 0 Å². The van der Waals surface area contributed by atoms with E-state index in [0.29, 0.717) is 59.1 Å². The molecule has 0 unspecified atom stereocenters. The van der Waals surface area contributed by atoms with Gasteiger partial charge in [-0.2, -0.15) is 0 Å². The third-order valence-electron chi connectivity index (χ3n) is 9.45. The van der Waals surface area contributed by atoms with E-state index in [1.165, 1.54) is 167 Å². The molecule has 0 atom stereocenters. The molecule has 0 aromatic heterocycles. The lowest BCUT2D eigenvalue weighted by atomic mass is 10.0. The normalized spacial score (nSPS) is 11.1. The number of hydrogen-bond acceptors (Lipinski definition) is 7. The molecule has 0 aliphatic rings. The van der Waals surface area contributed by atoms with E-state index in [0.717, 1.165) is 25.7 Å². The maximum atomic E-state index is 11.7. The number of carbonyl (C=O) groups is 2. The molecule has 52 heavy (non-hydrogen) atoms. The molecule has 0 amide bonds. The maximum Gasteiger partial charge on any atom is 0.305 e. The van der Waals surface area contributed by atoms with E-state index < -0.39 is 5.97 Å². The summed E-state index contributed by atoms with van der Waals surface area (Å²) in [6, 6.07) is 0. The van der Waals surface area contributed by atoms with Gasteiger partial charge in [-0.15, -0.1) is 0 Å². The van der Waals surface area contributed by atoms with Gasteiger partial charge in [-0.05, 0) is 12.8 Å². The fourth-order valence-electron chi connectivity index (χ4n) is 6.18. The molecule has 8 nitrogen and oxygen atoms in total. The van der Waals surface area contributed by atoms with Crippen molar-refractivity contribution in [1.82, 2.24) is 0 Å². The average Bonchev–Trinajstić information content (AvgIpc) is 3.14. The molecule has 0 heterocycles. The fraction of sp³-hybridized carbons (Fsp3) is 0.955. The van der Waals surface area contributed by atoms with Crippen molar-refractivity contribution in [3.63, 3.8) is 0 Å². The van der Waals surface area contributed by atoms with Gasteiger partial charge in [-0.3, -0.25) is 9.59 Å². The van der Waals surface area contributed by atoms with Crippen molar-refractivity contribution in [3.8, 4) is 0 Å². The summed E-state index contributed by atoms with van der Waals surface area (Å²) in [7, 11) is 0. The number of aliphatic hydroxyl groups excluding tert-OH is 1. The largest absolute Gasteiger partial charge is 0.481 e. The van der Waals surface area contributed by atoms with Gasteiger partial charge in [-0.25, -0.2) is 0 Å². The summed E-state index contributed by atoms with van der Waals surface area (Å²) >= 11 is 0. The van der Waals surface area contributed by atoms with E-state index in [1.54, 1.807) is 0 Å². The lowest BCUT2D eigenvalue weighted by Crippen LogP contribution is -2.14. The molecular formula is C44H88O8.